The maximum atomic E-state index is 13.5. The lowest BCUT2D eigenvalue weighted by Crippen LogP contribution is -2.37. The summed E-state index contributed by atoms with van der Waals surface area (Å²) in [5.41, 5.74) is 8.92. The van der Waals surface area contributed by atoms with Crippen molar-refractivity contribution < 1.29 is 9.13 Å². The molecule has 104 valence electrons. The molecule has 0 radical (unpaired) electrons. The molecule has 0 spiro atoms. The van der Waals surface area contributed by atoms with Crippen molar-refractivity contribution in [1.82, 2.24) is 0 Å². The number of nitrogens with two attached hydrogens (primary N) is 1. The Morgan fingerprint density at radius 2 is 2.00 bits per heavy atom. The van der Waals surface area contributed by atoms with Crippen molar-refractivity contribution in [1.29, 1.82) is 0 Å². The second kappa shape index (κ2) is 4.91. The lowest BCUT2D eigenvalue weighted by Gasteiger charge is -2.30. The average Bonchev–Trinajstić information content (AvgIpc) is 2.93. The molecule has 3 rings (SSSR count). The van der Waals surface area contributed by atoms with E-state index in [2.05, 4.69) is 6.07 Å². The second-order valence-corrected chi connectivity index (χ2v) is 5.26. The highest BCUT2D eigenvalue weighted by Crippen LogP contribution is 2.35. The summed E-state index contributed by atoms with van der Waals surface area (Å²) in [7, 11) is 0. The van der Waals surface area contributed by atoms with Gasteiger partial charge in [-0.1, -0.05) is 25.1 Å². The number of hydrogen-bond donors (Lipinski definition) is 1. The summed E-state index contributed by atoms with van der Waals surface area (Å²) < 4.78 is 19.0. The van der Waals surface area contributed by atoms with Crippen LogP contribution in [0.25, 0.3) is 0 Å². The van der Waals surface area contributed by atoms with Gasteiger partial charge in [-0.05, 0) is 47.4 Å². The van der Waals surface area contributed by atoms with Crippen LogP contribution in [0.4, 0.5) is 4.39 Å². The van der Waals surface area contributed by atoms with Crippen LogP contribution in [-0.4, -0.2) is 6.61 Å². The van der Waals surface area contributed by atoms with Crippen molar-refractivity contribution in [2.24, 2.45) is 5.73 Å². The maximum Gasteiger partial charge on any atom is 0.123 e. The van der Waals surface area contributed by atoms with Gasteiger partial charge in [-0.25, -0.2) is 4.39 Å². The third-order valence-electron chi connectivity index (χ3n) is 4.10. The molecule has 3 heteroatoms. The number of rotatable bonds is 3. The zero-order chi connectivity index (χ0) is 14.2. The first-order chi connectivity index (χ1) is 9.63. The third-order valence-corrected chi connectivity index (χ3v) is 4.10. The molecule has 2 nitrogen and oxygen atoms in total. The largest absolute Gasteiger partial charge is 0.493 e. The highest BCUT2D eigenvalue weighted by atomic mass is 19.1. The van der Waals surface area contributed by atoms with Gasteiger partial charge in [0.2, 0.25) is 0 Å². The molecule has 1 atom stereocenters. The first kappa shape index (κ1) is 13.1. The van der Waals surface area contributed by atoms with E-state index in [-0.39, 0.29) is 5.82 Å². The van der Waals surface area contributed by atoms with Gasteiger partial charge in [-0.2, -0.15) is 0 Å². The molecule has 20 heavy (non-hydrogen) atoms. The van der Waals surface area contributed by atoms with Gasteiger partial charge in [0.25, 0.3) is 0 Å². The van der Waals surface area contributed by atoms with Gasteiger partial charge >= 0.3 is 0 Å². The van der Waals surface area contributed by atoms with Crippen LogP contribution in [0.5, 0.6) is 5.75 Å². The molecular weight excluding hydrogens is 253 g/mol. The average molecular weight is 271 g/mol. The molecule has 0 saturated carbocycles. The highest BCUT2D eigenvalue weighted by molar-refractivity contribution is 5.46. The molecule has 1 heterocycles. The SMILES string of the molecule is CCC(N)(c1cccc(F)c1)c1ccc2c(c1)CCO2. The van der Waals surface area contributed by atoms with E-state index in [1.807, 2.05) is 25.1 Å². The molecule has 0 bridgehead atoms. The van der Waals surface area contributed by atoms with Crippen molar-refractivity contribution >= 4 is 0 Å². The number of ether oxygens (including phenoxy) is 1. The normalized spacial score (nSPS) is 16.4. The molecule has 1 aliphatic heterocycles. The summed E-state index contributed by atoms with van der Waals surface area (Å²) in [5.74, 6) is 0.682. The van der Waals surface area contributed by atoms with Gasteiger partial charge < -0.3 is 10.5 Å². The van der Waals surface area contributed by atoms with Crippen molar-refractivity contribution in [3.8, 4) is 5.75 Å². The highest BCUT2D eigenvalue weighted by Gasteiger charge is 2.29. The quantitative estimate of drug-likeness (QED) is 0.929. The Morgan fingerprint density at radius 3 is 2.75 bits per heavy atom. The van der Waals surface area contributed by atoms with Gasteiger partial charge in [0.1, 0.15) is 11.6 Å². The minimum atomic E-state index is -0.667. The Hall–Kier alpha value is -1.87. The van der Waals surface area contributed by atoms with E-state index in [9.17, 15) is 4.39 Å². The van der Waals surface area contributed by atoms with Gasteiger partial charge in [0, 0.05) is 6.42 Å². The first-order valence-electron chi connectivity index (χ1n) is 6.94. The fourth-order valence-corrected chi connectivity index (χ4v) is 2.80. The summed E-state index contributed by atoms with van der Waals surface area (Å²) in [6.07, 6.45) is 1.61. The topological polar surface area (TPSA) is 35.2 Å². The third kappa shape index (κ3) is 2.08. The standard InChI is InChI=1S/C17H18FNO/c1-2-17(19,13-4-3-5-15(18)11-13)14-6-7-16-12(10-14)8-9-20-16/h3-7,10-11H,2,8-9,19H2,1H3. The van der Waals surface area contributed by atoms with Crippen LogP contribution in [0.2, 0.25) is 0 Å². The van der Waals surface area contributed by atoms with E-state index in [1.54, 1.807) is 6.07 Å². The van der Waals surface area contributed by atoms with Gasteiger partial charge in [-0.15, -0.1) is 0 Å². The van der Waals surface area contributed by atoms with Gasteiger partial charge in [-0.3, -0.25) is 0 Å². The van der Waals surface area contributed by atoms with Crippen LogP contribution in [-0.2, 0) is 12.0 Å². The molecule has 0 aromatic heterocycles. The van der Waals surface area contributed by atoms with Crippen LogP contribution in [0.3, 0.4) is 0 Å². The number of benzene rings is 2. The van der Waals surface area contributed by atoms with E-state index in [0.29, 0.717) is 6.42 Å². The Bertz CT molecular complexity index is 641. The van der Waals surface area contributed by atoms with E-state index < -0.39 is 5.54 Å². The Kier molecular flexibility index (Phi) is 3.22. The molecule has 0 saturated heterocycles. The Labute approximate surface area is 118 Å². The number of hydrogen-bond acceptors (Lipinski definition) is 2. The molecule has 2 N–H and O–H groups in total. The monoisotopic (exact) mass is 271 g/mol. The Morgan fingerprint density at radius 1 is 1.20 bits per heavy atom. The minimum Gasteiger partial charge on any atom is -0.493 e. The summed E-state index contributed by atoms with van der Waals surface area (Å²) >= 11 is 0. The zero-order valence-corrected chi connectivity index (χ0v) is 11.5. The van der Waals surface area contributed by atoms with Crippen molar-refractivity contribution in [2.75, 3.05) is 6.61 Å². The van der Waals surface area contributed by atoms with Gasteiger partial charge in [0.15, 0.2) is 0 Å². The molecule has 2 aromatic carbocycles. The first-order valence-corrected chi connectivity index (χ1v) is 6.94. The van der Waals surface area contributed by atoms with E-state index >= 15 is 0 Å². The minimum absolute atomic E-state index is 0.254. The number of fused-ring (bicyclic) bond motifs is 1. The lowest BCUT2D eigenvalue weighted by molar-refractivity contribution is 0.356. The van der Waals surface area contributed by atoms with Crippen LogP contribution in [0.15, 0.2) is 42.5 Å². The Balaban J connectivity index is 2.08. The van der Waals surface area contributed by atoms with Crippen molar-refractivity contribution in [3.05, 3.63) is 65.0 Å². The fraction of sp³-hybridized carbons (Fsp3) is 0.294. The molecular formula is C17H18FNO. The van der Waals surface area contributed by atoms with Gasteiger partial charge in [0.05, 0.1) is 12.1 Å². The number of halogens is 1. The van der Waals surface area contributed by atoms with Crippen LogP contribution < -0.4 is 10.5 Å². The smallest absolute Gasteiger partial charge is 0.123 e. The molecule has 0 amide bonds. The summed E-state index contributed by atoms with van der Waals surface area (Å²) in [6.45, 7) is 2.75. The van der Waals surface area contributed by atoms with Crippen LogP contribution in [0.1, 0.15) is 30.0 Å². The zero-order valence-electron chi connectivity index (χ0n) is 11.5. The molecule has 0 fully saturated rings. The second-order valence-electron chi connectivity index (χ2n) is 5.26. The molecule has 1 unspecified atom stereocenters. The predicted molar refractivity (Wildman–Crippen MR) is 77.3 cm³/mol. The van der Waals surface area contributed by atoms with E-state index in [0.717, 1.165) is 29.9 Å². The maximum absolute atomic E-state index is 13.5. The van der Waals surface area contributed by atoms with E-state index in [1.165, 1.54) is 17.7 Å². The molecule has 2 aromatic rings. The predicted octanol–water partition coefficient (Wildman–Crippen LogP) is 3.37. The summed E-state index contributed by atoms with van der Waals surface area (Å²) in [6, 6.07) is 12.6. The fourth-order valence-electron chi connectivity index (χ4n) is 2.80. The van der Waals surface area contributed by atoms with Crippen LogP contribution >= 0.6 is 0 Å². The van der Waals surface area contributed by atoms with Crippen molar-refractivity contribution in [2.45, 2.75) is 25.3 Å². The lowest BCUT2D eigenvalue weighted by atomic mass is 9.81. The summed E-state index contributed by atoms with van der Waals surface area (Å²) in [4.78, 5) is 0. The van der Waals surface area contributed by atoms with Crippen LogP contribution in [0, 0.1) is 5.82 Å². The van der Waals surface area contributed by atoms with Crippen molar-refractivity contribution in [3.63, 3.8) is 0 Å². The summed E-state index contributed by atoms with van der Waals surface area (Å²) in [5, 5.41) is 0. The molecule has 0 aliphatic carbocycles. The molecule has 1 aliphatic rings. The van der Waals surface area contributed by atoms with E-state index in [4.69, 9.17) is 10.5 Å².